The Kier molecular flexibility index (Phi) is 7.39. The number of aromatic nitrogens is 3. The molecule has 2 heterocycles. The lowest BCUT2D eigenvalue weighted by Crippen LogP contribution is -2.49. The fourth-order valence-corrected chi connectivity index (χ4v) is 3.88. The second-order valence-corrected chi connectivity index (χ2v) is 8.34. The third kappa shape index (κ3) is 5.83. The number of piperazine rings is 1. The Labute approximate surface area is 205 Å². The van der Waals surface area contributed by atoms with Crippen LogP contribution in [0.5, 0.6) is 5.75 Å². The van der Waals surface area contributed by atoms with Gasteiger partial charge in [0, 0.05) is 38.3 Å². The lowest BCUT2D eigenvalue weighted by molar-refractivity contribution is -0.130. The molecule has 2 aromatic carbocycles. The summed E-state index contributed by atoms with van der Waals surface area (Å²) >= 11 is 4.90. The fourth-order valence-electron chi connectivity index (χ4n) is 3.81. The molecule has 1 aromatic heterocycles. The molecule has 9 nitrogen and oxygen atoms in total. The van der Waals surface area contributed by atoms with Crippen LogP contribution in [0, 0.1) is 11.6 Å². The van der Waals surface area contributed by atoms with Gasteiger partial charge in [-0.25, -0.2) is 13.5 Å². The number of benzene rings is 2. The van der Waals surface area contributed by atoms with E-state index in [9.17, 15) is 18.7 Å². The molecule has 3 aromatic rings. The summed E-state index contributed by atoms with van der Waals surface area (Å²) in [7, 11) is 1.44. The standard InChI is InChI=1S/C23H24F2N6O3S/c1-34-23(35)26-13-16-14-31(28-27-16)17-11-19(24)22(20(25)12-17)30-8-6-29(7-9-30)21(33)10-15-2-4-18(32)5-3-15/h2-5,11-12,14,32H,6-10,13H2,1H3,(H,26,35). The van der Waals surface area contributed by atoms with Gasteiger partial charge < -0.3 is 25.0 Å². The van der Waals surface area contributed by atoms with Crippen LogP contribution >= 0.6 is 12.2 Å². The minimum Gasteiger partial charge on any atom is -0.508 e. The molecule has 0 radical (unpaired) electrons. The largest absolute Gasteiger partial charge is 0.508 e. The summed E-state index contributed by atoms with van der Waals surface area (Å²) < 4.78 is 36.1. The number of thiocarbonyl (C=S) groups is 1. The SMILES string of the molecule is COC(=S)NCc1cn(-c2cc(F)c(N3CCN(C(=O)Cc4ccc(O)cc4)CC3)c(F)c2)nn1. The molecule has 184 valence electrons. The highest BCUT2D eigenvalue weighted by Crippen LogP contribution is 2.27. The number of rotatable bonds is 6. The quantitative estimate of drug-likeness (QED) is 0.496. The lowest BCUT2D eigenvalue weighted by Gasteiger charge is -2.36. The molecule has 1 saturated heterocycles. The summed E-state index contributed by atoms with van der Waals surface area (Å²) in [6.45, 7) is 1.55. The van der Waals surface area contributed by atoms with Gasteiger partial charge in [0.25, 0.3) is 5.17 Å². The molecule has 0 saturated carbocycles. The van der Waals surface area contributed by atoms with E-state index in [0.29, 0.717) is 31.9 Å². The van der Waals surface area contributed by atoms with Crippen molar-refractivity contribution < 1.29 is 23.4 Å². The summed E-state index contributed by atoms with van der Waals surface area (Å²) in [5, 5.41) is 20.3. The molecular weight excluding hydrogens is 478 g/mol. The molecular formula is C23H24F2N6O3S. The van der Waals surface area contributed by atoms with Gasteiger partial charge in [-0.2, -0.15) is 0 Å². The monoisotopic (exact) mass is 502 g/mol. The maximum Gasteiger partial charge on any atom is 0.256 e. The number of carbonyl (C=O) groups excluding carboxylic acids is 1. The number of ether oxygens (including phenoxy) is 1. The van der Waals surface area contributed by atoms with Crippen LogP contribution in [0.25, 0.3) is 5.69 Å². The van der Waals surface area contributed by atoms with Gasteiger partial charge in [-0.1, -0.05) is 17.3 Å². The summed E-state index contributed by atoms with van der Waals surface area (Å²) in [4.78, 5) is 15.9. The number of nitrogens with one attached hydrogen (secondary N) is 1. The Morgan fingerprint density at radius 3 is 2.43 bits per heavy atom. The molecule has 0 spiro atoms. The maximum absolute atomic E-state index is 15.0. The van der Waals surface area contributed by atoms with E-state index >= 15 is 0 Å². The van der Waals surface area contributed by atoms with Crippen LogP contribution in [0.1, 0.15) is 11.3 Å². The predicted octanol–water partition coefficient (Wildman–Crippen LogP) is 2.16. The average molecular weight is 503 g/mol. The Morgan fingerprint density at radius 1 is 1.14 bits per heavy atom. The van der Waals surface area contributed by atoms with Gasteiger partial charge in [0.15, 0.2) is 11.6 Å². The molecule has 0 unspecified atom stereocenters. The molecule has 0 bridgehead atoms. The van der Waals surface area contributed by atoms with Crippen molar-refractivity contribution in [3.05, 3.63) is 65.5 Å². The normalized spacial score (nSPS) is 13.6. The Bertz CT molecular complexity index is 1190. The van der Waals surface area contributed by atoms with Crippen LogP contribution in [-0.2, 0) is 22.5 Å². The van der Waals surface area contributed by atoms with Crippen molar-refractivity contribution in [3.63, 3.8) is 0 Å². The smallest absolute Gasteiger partial charge is 0.256 e. The molecule has 1 amide bonds. The first-order valence-corrected chi connectivity index (χ1v) is 11.3. The number of hydrogen-bond donors (Lipinski definition) is 2. The zero-order valence-electron chi connectivity index (χ0n) is 18.9. The van der Waals surface area contributed by atoms with E-state index in [1.54, 1.807) is 21.9 Å². The lowest BCUT2D eigenvalue weighted by atomic mass is 10.1. The Balaban J connectivity index is 1.39. The van der Waals surface area contributed by atoms with Gasteiger partial charge in [0.05, 0.1) is 32.0 Å². The van der Waals surface area contributed by atoms with E-state index in [2.05, 4.69) is 15.6 Å². The van der Waals surface area contributed by atoms with Crippen molar-refractivity contribution in [2.24, 2.45) is 0 Å². The van der Waals surface area contributed by atoms with Crippen LogP contribution in [0.4, 0.5) is 14.5 Å². The summed E-state index contributed by atoms with van der Waals surface area (Å²) in [6.07, 6.45) is 1.74. The number of amides is 1. The molecule has 0 aliphatic carbocycles. The average Bonchev–Trinajstić information content (AvgIpc) is 3.33. The molecule has 2 N–H and O–H groups in total. The molecule has 1 fully saturated rings. The van der Waals surface area contributed by atoms with Crippen LogP contribution in [0.3, 0.4) is 0 Å². The molecule has 1 aliphatic heterocycles. The summed E-state index contributed by atoms with van der Waals surface area (Å²) in [5.41, 5.74) is 1.37. The van der Waals surface area contributed by atoms with Gasteiger partial charge in [-0.3, -0.25) is 4.79 Å². The summed E-state index contributed by atoms with van der Waals surface area (Å²) in [5.74, 6) is -1.38. The molecule has 35 heavy (non-hydrogen) atoms. The van der Waals surface area contributed by atoms with Crippen molar-refractivity contribution in [1.29, 1.82) is 0 Å². The van der Waals surface area contributed by atoms with Crippen LogP contribution in [0.2, 0.25) is 0 Å². The third-order valence-electron chi connectivity index (χ3n) is 5.65. The number of phenolic OH excluding ortho intramolecular Hbond substituents is 1. The number of halogens is 2. The maximum atomic E-state index is 15.0. The number of phenols is 1. The van der Waals surface area contributed by atoms with Crippen LogP contribution in [-0.4, -0.2) is 69.4 Å². The van der Waals surface area contributed by atoms with Crippen LogP contribution < -0.4 is 10.2 Å². The van der Waals surface area contributed by atoms with E-state index < -0.39 is 11.6 Å². The molecule has 0 atom stereocenters. The van der Waals surface area contributed by atoms with E-state index in [1.807, 2.05) is 0 Å². The van der Waals surface area contributed by atoms with Crippen molar-refractivity contribution >= 4 is 29.0 Å². The van der Waals surface area contributed by atoms with E-state index in [4.69, 9.17) is 17.0 Å². The second kappa shape index (κ2) is 10.6. The zero-order chi connectivity index (χ0) is 24.9. The number of nitrogens with zero attached hydrogens (tertiary/aromatic N) is 5. The Hall–Kier alpha value is -3.80. The first kappa shape index (κ1) is 24.3. The van der Waals surface area contributed by atoms with Gasteiger partial charge in [-0.15, -0.1) is 5.10 Å². The Morgan fingerprint density at radius 2 is 1.80 bits per heavy atom. The highest BCUT2D eigenvalue weighted by molar-refractivity contribution is 7.80. The highest BCUT2D eigenvalue weighted by atomic mass is 32.1. The van der Waals surface area contributed by atoms with E-state index in [1.165, 1.54) is 42.3 Å². The van der Waals surface area contributed by atoms with Crippen molar-refractivity contribution in [2.75, 3.05) is 38.2 Å². The van der Waals surface area contributed by atoms with Gasteiger partial charge in [0.1, 0.15) is 17.1 Å². The van der Waals surface area contributed by atoms with Crippen molar-refractivity contribution in [3.8, 4) is 11.4 Å². The molecule has 12 heteroatoms. The predicted molar refractivity (Wildman–Crippen MR) is 128 cm³/mol. The first-order chi connectivity index (χ1) is 16.8. The zero-order valence-corrected chi connectivity index (χ0v) is 19.8. The molecule has 1 aliphatic rings. The third-order valence-corrected chi connectivity index (χ3v) is 5.96. The van der Waals surface area contributed by atoms with E-state index in [-0.39, 0.29) is 41.2 Å². The summed E-state index contributed by atoms with van der Waals surface area (Å²) in [6, 6.07) is 8.85. The van der Waals surface area contributed by atoms with E-state index in [0.717, 1.165) is 5.56 Å². The van der Waals surface area contributed by atoms with Gasteiger partial charge >= 0.3 is 0 Å². The van der Waals surface area contributed by atoms with Crippen molar-refractivity contribution in [1.82, 2.24) is 25.2 Å². The number of aromatic hydroxyl groups is 1. The van der Waals surface area contributed by atoms with Crippen molar-refractivity contribution in [2.45, 2.75) is 13.0 Å². The number of hydrogen-bond acceptors (Lipinski definition) is 7. The van der Waals surface area contributed by atoms with Crippen LogP contribution in [0.15, 0.2) is 42.6 Å². The minimum atomic E-state index is -0.723. The fraction of sp³-hybridized carbons (Fsp3) is 0.304. The number of anilines is 1. The number of methoxy groups -OCH3 is 1. The highest BCUT2D eigenvalue weighted by Gasteiger charge is 2.26. The van der Waals surface area contributed by atoms with Gasteiger partial charge in [-0.05, 0) is 29.9 Å². The first-order valence-electron chi connectivity index (χ1n) is 10.9. The second-order valence-electron chi connectivity index (χ2n) is 7.97. The minimum absolute atomic E-state index is 0.0747. The number of carbonyl (C=O) groups is 1. The molecule has 4 rings (SSSR count). The van der Waals surface area contributed by atoms with Gasteiger partial charge in [0.2, 0.25) is 5.91 Å². The topological polar surface area (TPSA) is 95.8 Å².